The van der Waals surface area contributed by atoms with Crippen LogP contribution in [0.1, 0.15) is 39.5 Å². The van der Waals surface area contributed by atoms with E-state index < -0.39 is 0 Å². The van der Waals surface area contributed by atoms with E-state index in [1.54, 1.807) is 0 Å². The molecule has 106 valence electrons. The van der Waals surface area contributed by atoms with E-state index in [4.69, 9.17) is 0 Å². The number of hydrogen-bond acceptors (Lipinski definition) is 3. The van der Waals surface area contributed by atoms with Crippen LogP contribution in [0.15, 0.2) is 0 Å². The van der Waals surface area contributed by atoms with Gasteiger partial charge < -0.3 is 10.2 Å². The molecule has 1 aliphatic carbocycles. The maximum absolute atomic E-state index is 3.47. The summed E-state index contributed by atoms with van der Waals surface area (Å²) in [5.41, 5.74) is 0.292. The zero-order valence-corrected chi connectivity index (χ0v) is 12.7. The molecule has 3 heteroatoms. The van der Waals surface area contributed by atoms with Crippen LogP contribution in [0, 0.1) is 5.92 Å². The van der Waals surface area contributed by atoms with Gasteiger partial charge in [-0.25, -0.2) is 0 Å². The smallest absolute Gasteiger partial charge is 0.0312 e. The van der Waals surface area contributed by atoms with Gasteiger partial charge >= 0.3 is 0 Å². The van der Waals surface area contributed by atoms with Gasteiger partial charge in [-0.15, -0.1) is 0 Å². The SMILES string of the molecule is CN(C)C(C1CCCC1)C(C)(C)N1CCNCC1. The predicted octanol–water partition coefficient (Wildman–Crippen LogP) is 1.79. The van der Waals surface area contributed by atoms with Crippen molar-refractivity contribution in [3.8, 4) is 0 Å². The molecule has 0 aromatic carbocycles. The van der Waals surface area contributed by atoms with Crippen LogP contribution in [-0.2, 0) is 0 Å². The molecule has 2 rings (SSSR count). The van der Waals surface area contributed by atoms with Gasteiger partial charge in [0.05, 0.1) is 0 Å². The average Bonchev–Trinajstić information content (AvgIpc) is 2.83. The molecule has 1 N–H and O–H groups in total. The summed E-state index contributed by atoms with van der Waals surface area (Å²) < 4.78 is 0. The lowest BCUT2D eigenvalue weighted by Gasteiger charge is -2.50. The molecule has 0 radical (unpaired) electrons. The van der Waals surface area contributed by atoms with Crippen LogP contribution in [0.2, 0.25) is 0 Å². The molecule has 0 bridgehead atoms. The zero-order valence-electron chi connectivity index (χ0n) is 12.7. The summed E-state index contributed by atoms with van der Waals surface area (Å²) >= 11 is 0. The van der Waals surface area contributed by atoms with Crippen LogP contribution < -0.4 is 5.32 Å². The van der Waals surface area contributed by atoms with Gasteiger partial charge in [0.25, 0.3) is 0 Å². The average molecular weight is 253 g/mol. The van der Waals surface area contributed by atoms with E-state index in [0.717, 1.165) is 19.0 Å². The van der Waals surface area contributed by atoms with Gasteiger partial charge in [-0.05, 0) is 46.7 Å². The highest BCUT2D eigenvalue weighted by Crippen LogP contribution is 2.37. The maximum atomic E-state index is 3.47. The molecule has 0 aromatic rings. The molecule has 0 amide bonds. The molecule has 1 saturated heterocycles. The molecule has 1 unspecified atom stereocenters. The third-order valence-electron chi connectivity index (χ3n) is 5.06. The van der Waals surface area contributed by atoms with Gasteiger partial charge in [0.15, 0.2) is 0 Å². The van der Waals surface area contributed by atoms with Crippen molar-refractivity contribution in [2.75, 3.05) is 40.3 Å². The number of nitrogens with zero attached hydrogens (tertiary/aromatic N) is 2. The Morgan fingerprint density at radius 3 is 2.17 bits per heavy atom. The Labute approximate surface area is 113 Å². The summed E-state index contributed by atoms with van der Waals surface area (Å²) in [6, 6.07) is 0.693. The number of rotatable bonds is 4. The second-order valence-corrected chi connectivity index (χ2v) is 6.84. The Hall–Kier alpha value is -0.120. The molecule has 2 fully saturated rings. The van der Waals surface area contributed by atoms with Gasteiger partial charge in [0, 0.05) is 37.8 Å². The highest BCUT2D eigenvalue weighted by molar-refractivity contribution is 4.99. The normalized spacial score (nSPS) is 25.8. The molecular formula is C15H31N3. The topological polar surface area (TPSA) is 18.5 Å². The highest BCUT2D eigenvalue weighted by Gasteiger charge is 2.42. The van der Waals surface area contributed by atoms with Crippen molar-refractivity contribution in [2.45, 2.75) is 51.1 Å². The molecule has 3 nitrogen and oxygen atoms in total. The van der Waals surface area contributed by atoms with Crippen LogP contribution >= 0.6 is 0 Å². The van der Waals surface area contributed by atoms with E-state index in [2.05, 4.69) is 43.1 Å². The molecule has 1 atom stereocenters. The first-order valence-corrected chi connectivity index (χ1v) is 7.65. The van der Waals surface area contributed by atoms with E-state index in [1.807, 2.05) is 0 Å². The Morgan fingerprint density at radius 1 is 1.11 bits per heavy atom. The van der Waals surface area contributed by atoms with E-state index >= 15 is 0 Å². The summed E-state index contributed by atoms with van der Waals surface area (Å²) in [5, 5.41) is 3.47. The number of likely N-dealkylation sites (N-methyl/N-ethyl adjacent to an activating group) is 1. The lowest BCUT2D eigenvalue weighted by molar-refractivity contribution is 0.00381. The fraction of sp³-hybridized carbons (Fsp3) is 1.00. The first-order chi connectivity index (χ1) is 8.53. The van der Waals surface area contributed by atoms with Crippen LogP contribution in [0.4, 0.5) is 0 Å². The van der Waals surface area contributed by atoms with Crippen LogP contribution in [0.5, 0.6) is 0 Å². The van der Waals surface area contributed by atoms with Crippen molar-refractivity contribution in [1.29, 1.82) is 0 Å². The molecule has 1 saturated carbocycles. The van der Waals surface area contributed by atoms with Crippen LogP contribution in [0.3, 0.4) is 0 Å². The zero-order chi connectivity index (χ0) is 13.2. The largest absolute Gasteiger partial charge is 0.314 e. The van der Waals surface area contributed by atoms with Gasteiger partial charge in [-0.2, -0.15) is 0 Å². The molecule has 0 spiro atoms. The summed E-state index contributed by atoms with van der Waals surface area (Å²) in [7, 11) is 4.54. The van der Waals surface area contributed by atoms with E-state index in [0.29, 0.717) is 11.6 Å². The Balaban J connectivity index is 2.11. The molecule has 2 aliphatic rings. The highest BCUT2D eigenvalue weighted by atomic mass is 15.3. The van der Waals surface area contributed by atoms with Gasteiger partial charge in [0.1, 0.15) is 0 Å². The summed E-state index contributed by atoms with van der Waals surface area (Å²) in [4.78, 5) is 5.19. The fourth-order valence-electron chi connectivity index (χ4n) is 4.33. The predicted molar refractivity (Wildman–Crippen MR) is 78.0 cm³/mol. The van der Waals surface area contributed by atoms with E-state index in [1.165, 1.54) is 38.8 Å². The van der Waals surface area contributed by atoms with Gasteiger partial charge in [0.2, 0.25) is 0 Å². The standard InChI is InChI=1S/C15H31N3/c1-15(2,18-11-9-16-10-12-18)14(17(3)4)13-7-5-6-8-13/h13-14,16H,5-12H2,1-4H3. The lowest BCUT2D eigenvalue weighted by Crippen LogP contribution is -2.63. The van der Waals surface area contributed by atoms with Gasteiger partial charge in [-0.3, -0.25) is 4.90 Å². The van der Waals surface area contributed by atoms with Crippen molar-refractivity contribution >= 4 is 0 Å². The third-order valence-corrected chi connectivity index (χ3v) is 5.06. The summed E-state index contributed by atoms with van der Waals surface area (Å²) in [6.07, 6.45) is 5.73. The molecule has 1 heterocycles. The second kappa shape index (κ2) is 5.89. The van der Waals surface area contributed by atoms with Crippen molar-refractivity contribution in [1.82, 2.24) is 15.1 Å². The number of hydrogen-bond donors (Lipinski definition) is 1. The monoisotopic (exact) mass is 253 g/mol. The first-order valence-electron chi connectivity index (χ1n) is 7.65. The third kappa shape index (κ3) is 2.89. The van der Waals surface area contributed by atoms with E-state index in [-0.39, 0.29) is 0 Å². The Bertz CT molecular complexity index is 250. The molecule has 1 aliphatic heterocycles. The lowest BCUT2D eigenvalue weighted by atomic mass is 9.81. The van der Waals surface area contributed by atoms with Gasteiger partial charge in [-0.1, -0.05) is 12.8 Å². The molecule has 0 aromatic heterocycles. The first kappa shape index (κ1) is 14.3. The number of nitrogens with one attached hydrogen (secondary N) is 1. The number of piperazine rings is 1. The molecule has 18 heavy (non-hydrogen) atoms. The minimum atomic E-state index is 0.292. The fourth-order valence-corrected chi connectivity index (χ4v) is 4.33. The van der Waals surface area contributed by atoms with E-state index in [9.17, 15) is 0 Å². The minimum Gasteiger partial charge on any atom is -0.314 e. The Morgan fingerprint density at radius 2 is 1.67 bits per heavy atom. The van der Waals surface area contributed by atoms with Crippen molar-refractivity contribution in [3.63, 3.8) is 0 Å². The van der Waals surface area contributed by atoms with Crippen LogP contribution in [0.25, 0.3) is 0 Å². The minimum absolute atomic E-state index is 0.292. The quantitative estimate of drug-likeness (QED) is 0.824. The maximum Gasteiger partial charge on any atom is 0.0312 e. The summed E-state index contributed by atoms with van der Waals surface area (Å²) in [6.45, 7) is 9.61. The summed E-state index contributed by atoms with van der Waals surface area (Å²) in [5.74, 6) is 0.893. The Kier molecular flexibility index (Phi) is 4.68. The van der Waals surface area contributed by atoms with Crippen molar-refractivity contribution < 1.29 is 0 Å². The van der Waals surface area contributed by atoms with Crippen molar-refractivity contribution in [3.05, 3.63) is 0 Å². The van der Waals surface area contributed by atoms with Crippen molar-refractivity contribution in [2.24, 2.45) is 5.92 Å². The molecular weight excluding hydrogens is 222 g/mol. The second-order valence-electron chi connectivity index (χ2n) is 6.84. The van der Waals surface area contributed by atoms with Crippen LogP contribution in [-0.4, -0.2) is 61.7 Å².